The zero-order chi connectivity index (χ0) is 13.1. The van der Waals surface area contributed by atoms with E-state index < -0.39 is 0 Å². The lowest BCUT2D eigenvalue weighted by Crippen LogP contribution is -2.09. The lowest BCUT2D eigenvalue weighted by Gasteiger charge is -2.04. The number of rotatable bonds is 5. The van der Waals surface area contributed by atoms with E-state index in [1.54, 1.807) is 13.3 Å². The maximum atomic E-state index is 11.5. The number of Topliss-reactive ketones (excluding diaryl/α,β-unsaturated/α-hetero) is 1. The first kappa shape index (κ1) is 12.7. The van der Waals surface area contributed by atoms with Crippen LogP contribution < -0.4 is 5.32 Å². The van der Waals surface area contributed by atoms with Crippen LogP contribution in [-0.2, 0) is 13.5 Å². The number of ketones is 1. The first-order valence-corrected chi connectivity index (χ1v) is 6.41. The zero-order valence-corrected chi connectivity index (χ0v) is 11.4. The molecule has 2 rings (SSSR count). The normalized spacial score (nSPS) is 10.6. The molecule has 0 saturated carbocycles. The van der Waals surface area contributed by atoms with Crippen LogP contribution in [0.2, 0.25) is 0 Å². The van der Waals surface area contributed by atoms with Gasteiger partial charge in [-0.05, 0) is 25.4 Å². The van der Waals surface area contributed by atoms with Gasteiger partial charge in [0, 0.05) is 20.0 Å². The van der Waals surface area contributed by atoms with Gasteiger partial charge < -0.3 is 9.88 Å². The average Bonchev–Trinajstić information content (AvgIpc) is 2.86. The van der Waals surface area contributed by atoms with Crippen LogP contribution in [0.4, 0.5) is 5.00 Å². The molecule has 0 spiro atoms. The molecule has 18 heavy (non-hydrogen) atoms. The van der Waals surface area contributed by atoms with Crippen LogP contribution in [0.3, 0.4) is 0 Å². The summed E-state index contributed by atoms with van der Waals surface area (Å²) in [7, 11) is 1.91. The fourth-order valence-electron chi connectivity index (χ4n) is 1.73. The average molecular weight is 265 g/mol. The van der Waals surface area contributed by atoms with Crippen molar-refractivity contribution >= 4 is 22.3 Å². The zero-order valence-electron chi connectivity index (χ0n) is 10.6. The van der Waals surface area contributed by atoms with Crippen molar-refractivity contribution in [2.75, 3.05) is 11.9 Å². The molecular formula is C11H15N5OS. The third-order valence-corrected chi connectivity index (χ3v) is 3.55. The summed E-state index contributed by atoms with van der Waals surface area (Å²) >= 11 is 1.32. The van der Waals surface area contributed by atoms with Gasteiger partial charge in [-0.25, -0.2) is 0 Å². The molecule has 0 fully saturated rings. The minimum Gasteiger partial charge on any atom is -0.375 e. The Balaban J connectivity index is 1.99. The summed E-state index contributed by atoms with van der Waals surface area (Å²) in [5.41, 5.74) is 1.48. The number of hydrogen-bond acceptors (Lipinski definition) is 6. The second-order valence-electron chi connectivity index (χ2n) is 4.06. The van der Waals surface area contributed by atoms with Gasteiger partial charge in [0.15, 0.2) is 5.78 Å². The number of hydrogen-bond donors (Lipinski definition) is 1. The summed E-state index contributed by atoms with van der Waals surface area (Å²) < 4.78 is 6.08. The molecule has 2 aromatic heterocycles. The Morgan fingerprint density at radius 3 is 2.94 bits per heavy atom. The quantitative estimate of drug-likeness (QED) is 0.828. The van der Waals surface area contributed by atoms with Crippen LogP contribution in [-0.4, -0.2) is 31.5 Å². The van der Waals surface area contributed by atoms with E-state index >= 15 is 0 Å². The van der Waals surface area contributed by atoms with Crippen LogP contribution in [0.25, 0.3) is 0 Å². The molecule has 2 aromatic rings. The second-order valence-corrected chi connectivity index (χ2v) is 4.84. The standard InChI is InChI=1S/C11H15N5OS/c1-7-10(8(2)17)11(18-15-7)12-5-4-9-14-13-6-16(9)3/h6,12H,4-5H2,1-3H3. The van der Waals surface area contributed by atoms with Crippen LogP contribution >= 0.6 is 11.5 Å². The Bertz CT molecular complexity index is 560. The van der Waals surface area contributed by atoms with Gasteiger partial charge in [0.05, 0.1) is 11.3 Å². The van der Waals surface area contributed by atoms with Crippen LogP contribution in [0, 0.1) is 6.92 Å². The molecule has 1 N–H and O–H groups in total. The Kier molecular flexibility index (Phi) is 3.71. The van der Waals surface area contributed by atoms with Crippen LogP contribution in [0.15, 0.2) is 6.33 Å². The number of nitrogens with one attached hydrogen (secondary N) is 1. The van der Waals surface area contributed by atoms with Gasteiger partial charge in [-0.15, -0.1) is 10.2 Å². The predicted molar refractivity (Wildman–Crippen MR) is 70.1 cm³/mol. The molecule has 96 valence electrons. The summed E-state index contributed by atoms with van der Waals surface area (Å²) in [6.45, 7) is 4.11. The number of carbonyl (C=O) groups excluding carboxylic acids is 1. The maximum Gasteiger partial charge on any atom is 0.164 e. The molecule has 6 nitrogen and oxygen atoms in total. The van der Waals surface area contributed by atoms with E-state index in [0.29, 0.717) is 12.1 Å². The van der Waals surface area contributed by atoms with E-state index in [1.165, 1.54) is 11.5 Å². The fourth-order valence-corrected chi connectivity index (χ4v) is 2.60. The molecule has 0 bridgehead atoms. The van der Waals surface area contributed by atoms with Crippen LogP contribution in [0.1, 0.15) is 28.8 Å². The SMILES string of the molecule is CC(=O)c1c(C)nsc1NCCc1nncn1C. The lowest BCUT2D eigenvalue weighted by molar-refractivity contribution is 0.101. The Labute approximate surface area is 109 Å². The Morgan fingerprint density at radius 1 is 1.56 bits per heavy atom. The summed E-state index contributed by atoms with van der Waals surface area (Å²) in [4.78, 5) is 11.5. The van der Waals surface area contributed by atoms with Gasteiger partial charge in [0.2, 0.25) is 0 Å². The van der Waals surface area contributed by atoms with E-state index in [4.69, 9.17) is 0 Å². The third-order valence-electron chi connectivity index (χ3n) is 2.65. The number of aromatic nitrogens is 4. The van der Waals surface area contributed by atoms with Gasteiger partial charge in [0.25, 0.3) is 0 Å². The number of carbonyl (C=O) groups is 1. The molecule has 7 heteroatoms. The van der Waals surface area contributed by atoms with Gasteiger partial charge in [0.1, 0.15) is 17.2 Å². The minimum atomic E-state index is 0.0439. The highest BCUT2D eigenvalue weighted by Crippen LogP contribution is 2.24. The van der Waals surface area contributed by atoms with Crippen molar-refractivity contribution in [3.63, 3.8) is 0 Å². The Hall–Kier alpha value is -1.76. The molecule has 0 aliphatic heterocycles. The number of anilines is 1. The first-order chi connectivity index (χ1) is 8.59. The highest BCUT2D eigenvalue weighted by molar-refractivity contribution is 7.10. The van der Waals surface area contributed by atoms with Gasteiger partial charge in [-0.2, -0.15) is 4.37 Å². The molecule has 2 heterocycles. The molecule has 0 saturated heterocycles. The minimum absolute atomic E-state index is 0.0439. The van der Waals surface area contributed by atoms with Crippen molar-refractivity contribution in [2.24, 2.45) is 7.05 Å². The fraction of sp³-hybridized carbons (Fsp3) is 0.455. The molecule has 0 atom stereocenters. The molecule has 0 radical (unpaired) electrons. The van der Waals surface area contributed by atoms with Crippen LogP contribution in [0.5, 0.6) is 0 Å². The third kappa shape index (κ3) is 2.56. The van der Waals surface area contributed by atoms with E-state index in [9.17, 15) is 4.79 Å². The van der Waals surface area contributed by atoms with Crippen molar-refractivity contribution in [1.82, 2.24) is 19.1 Å². The van der Waals surface area contributed by atoms with Crippen molar-refractivity contribution in [1.29, 1.82) is 0 Å². The lowest BCUT2D eigenvalue weighted by atomic mass is 10.2. The van der Waals surface area contributed by atoms with Crippen molar-refractivity contribution in [3.8, 4) is 0 Å². The van der Waals surface area contributed by atoms with Crippen molar-refractivity contribution in [3.05, 3.63) is 23.4 Å². The molecule has 0 amide bonds. The largest absolute Gasteiger partial charge is 0.375 e. The van der Waals surface area contributed by atoms with E-state index in [1.807, 2.05) is 18.5 Å². The van der Waals surface area contributed by atoms with Gasteiger partial charge in [-0.3, -0.25) is 4.79 Å². The smallest absolute Gasteiger partial charge is 0.164 e. The van der Waals surface area contributed by atoms with Crippen molar-refractivity contribution in [2.45, 2.75) is 20.3 Å². The molecule has 0 unspecified atom stereocenters. The maximum absolute atomic E-state index is 11.5. The highest BCUT2D eigenvalue weighted by Gasteiger charge is 2.14. The molecule has 0 aliphatic carbocycles. The van der Waals surface area contributed by atoms with Gasteiger partial charge in [-0.1, -0.05) is 0 Å². The first-order valence-electron chi connectivity index (χ1n) is 5.63. The topological polar surface area (TPSA) is 72.7 Å². The van der Waals surface area contributed by atoms with E-state index in [2.05, 4.69) is 19.9 Å². The predicted octanol–water partition coefficient (Wildman–Crippen LogP) is 1.44. The van der Waals surface area contributed by atoms with Gasteiger partial charge >= 0.3 is 0 Å². The van der Waals surface area contributed by atoms with E-state index in [0.717, 1.165) is 22.9 Å². The monoisotopic (exact) mass is 265 g/mol. The number of aryl methyl sites for hydroxylation is 2. The Morgan fingerprint density at radius 2 is 2.33 bits per heavy atom. The van der Waals surface area contributed by atoms with Crippen molar-refractivity contribution < 1.29 is 4.79 Å². The molecule has 0 aromatic carbocycles. The summed E-state index contributed by atoms with van der Waals surface area (Å²) in [6.07, 6.45) is 2.43. The highest BCUT2D eigenvalue weighted by atomic mass is 32.1. The summed E-state index contributed by atoms with van der Waals surface area (Å²) in [5.74, 6) is 0.954. The molecular weight excluding hydrogens is 250 g/mol. The second kappa shape index (κ2) is 5.26. The summed E-state index contributed by atoms with van der Waals surface area (Å²) in [6, 6.07) is 0. The molecule has 0 aliphatic rings. The van der Waals surface area contributed by atoms with E-state index in [-0.39, 0.29) is 5.78 Å². The number of nitrogens with zero attached hydrogens (tertiary/aromatic N) is 4. The summed E-state index contributed by atoms with van der Waals surface area (Å²) in [5, 5.41) is 11.9.